The molecule has 2 N–H and O–H groups in total. The number of aryl methyl sites for hydroxylation is 1. The number of esters is 1. The number of benzene rings is 2. The normalized spacial score (nSPS) is 13.3. The Balaban J connectivity index is 1.74. The fourth-order valence-corrected chi connectivity index (χ4v) is 4.86. The molecule has 3 aromatic rings. The number of hydrogen-bond acceptors (Lipinski definition) is 8. The van der Waals surface area contributed by atoms with Crippen molar-refractivity contribution in [1.29, 1.82) is 0 Å². The van der Waals surface area contributed by atoms with Gasteiger partial charge in [0.25, 0.3) is 11.5 Å². The van der Waals surface area contributed by atoms with Crippen LogP contribution in [0.1, 0.15) is 18.9 Å². The lowest BCUT2D eigenvalue weighted by Crippen LogP contribution is -2.49. The molecule has 0 fully saturated rings. The number of fused-ring (bicyclic) bond motifs is 1. The molecule has 0 saturated heterocycles. The van der Waals surface area contributed by atoms with Crippen LogP contribution >= 0.6 is 0 Å². The maximum atomic E-state index is 13.1. The minimum atomic E-state index is -3.87. The molecule has 0 spiro atoms. The van der Waals surface area contributed by atoms with Gasteiger partial charge in [-0.05, 0) is 67.7 Å². The third-order valence-corrected chi connectivity index (χ3v) is 8.62. The van der Waals surface area contributed by atoms with E-state index in [2.05, 4.69) is 0 Å². The Morgan fingerprint density at radius 3 is 2.34 bits per heavy atom. The van der Waals surface area contributed by atoms with Crippen LogP contribution < -0.4 is 11.0 Å². The first-order valence-corrected chi connectivity index (χ1v) is 13.9. The standard InChI is InChI=1S/C27H33N3O7S/c1-27(26(33)28-34,38(4,35)36)13-15-30-14-11-22-17-21(9-10-23(22)25(30)32)20-7-5-19(6-8-20)12-16-37-24(31)18-29(2)3/h5-11,14,17,34H,12-13,15-16,18H2,1-4H3,(H,28,33)/t27-/m0/s1. The minimum absolute atomic E-state index is 0.0283. The zero-order chi connectivity index (χ0) is 28.1. The van der Waals surface area contributed by atoms with Gasteiger partial charge in [0, 0.05) is 30.8 Å². The molecule has 11 heteroatoms. The van der Waals surface area contributed by atoms with Crippen LogP contribution in [0.5, 0.6) is 0 Å². The van der Waals surface area contributed by atoms with Gasteiger partial charge >= 0.3 is 5.97 Å². The number of hydrogen-bond donors (Lipinski definition) is 2. The largest absolute Gasteiger partial charge is 0.464 e. The van der Waals surface area contributed by atoms with E-state index in [0.717, 1.165) is 28.3 Å². The van der Waals surface area contributed by atoms with Gasteiger partial charge in [0.1, 0.15) is 0 Å². The maximum Gasteiger partial charge on any atom is 0.320 e. The first kappa shape index (κ1) is 29.0. The SMILES string of the molecule is CN(C)CC(=O)OCCc1ccc(-c2ccc3c(=O)n(CC[C@@](C)(C(=O)NO)S(C)(=O)=O)ccc3c2)cc1. The van der Waals surface area contributed by atoms with Crippen LogP contribution in [-0.4, -0.2) is 73.2 Å². The highest BCUT2D eigenvalue weighted by Crippen LogP contribution is 2.25. The minimum Gasteiger partial charge on any atom is -0.464 e. The number of nitrogens with zero attached hydrogens (tertiary/aromatic N) is 2. The third-order valence-electron chi connectivity index (χ3n) is 6.59. The van der Waals surface area contributed by atoms with Gasteiger partial charge in [-0.25, -0.2) is 13.9 Å². The van der Waals surface area contributed by atoms with Crippen LogP contribution in [0.3, 0.4) is 0 Å². The summed E-state index contributed by atoms with van der Waals surface area (Å²) in [5, 5.41) is 10.2. The molecule has 0 aliphatic rings. The van der Waals surface area contributed by atoms with Crippen molar-refractivity contribution in [3.63, 3.8) is 0 Å². The van der Waals surface area contributed by atoms with Crippen LogP contribution in [0, 0.1) is 0 Å². The summed E-state index contributed by atoms with van der Waals surface area (Å²) in [6.45, 7) is 1.74. The van der Waals surface area contributed by atoms with Crippen molar-refractivity contribution in [3.8, 4) is 11.1 Å². The summed E-state index contributed by atoms with van der Waals surface area (Å²) in [5.74, 6) is -1.31. The maximum absolute atomic E-state index is 13.1. The number of nitrogens with one attached hydrogen (secondary N) is 1. The van der Waals surface area contributed by atoms with Crippen molar-refractivity contribution in [2.75, 3.05) is 33.5 Å². The molecule has 0 aliphatic heterocycles. The van der Waals surface area contributed by atoms with Crippen molar-refractivity contribution >= 4 is 32.5 Å². The predicted octanol–water partition coefficient (Wildman–Crippen LogP) is 2.01. The zero-order valence-corrected chi connectivity index (χ0v) is 22.7. The molecule has 0 bridgehead atoms. The van der Waals surface area contributed by atoms with Crippen molar-refractivity contribution in [2.24, 2.45) is 0 Å². The smallest absolute Gasteiger partial charge is 0.320 e. The van der Waals surface area contributed by atoms with Gasteiger partial charge in [0.05, 0.1) is 13.2 Å². The molecule has 10 nitrogen and oxygen atoms in total. The molecule has 1 amide bonds. The van der Waals surface area contributed by atoms with E-state index in [1.165, 1.54) is 17.0 Å². The topological polar surface area (TPSA) is 135 Å². The molecule has 1 atom stereocenters. The summed E-state index contributed by atoms with van der Waals surface area (Å²) in [6.07, 6.45) is 2.90. The molecule has 0 saturated carbocycles. The Morgan fingerprint density at radius 1 is 1.08 bits per heavy atom. The molecule has 38 heavy (non-hydrogen) atoms. The number of ether oxygens (including phenoxy) is 1. The first-order chi connectivity index (χ1) is 17.9. The number of carbonyl (C=O) groups excluding carboxylic acids is 2. The summed E-state index contributed by atoms with van der Waals surface area (Å²) in [4.78, 5) is 38.5. The highest BCUT2D eigenvalue weighted by Gasteiger charge is 2.43. The number of hydroxylamine groups is 1. The Morgan fingerprint density at radius 2 is 1.74 bits per heavy atom. The van der Waals surface area contributed by atoms with Crippen LogP contribution in [0.25, 0.3) is 21.9 Å². The molecule has 2 aromatic carbocycles. The Labute approximate surface area is 221 Å². The van der Waals surface area contributed by atoms with Crippen molar-refractivity contribution in [1.82, 2.24) is 14.9 Å². The average Bonchev–Trinajstić information content (AvgIpc) is 2.86. The van der Waals surface area contributed by atoms with Gasteiger partial charge < -0.3 is 9.30 Å². The van der Waals surface area contributed by atoms with E-state index in [4.69, 9.17) is 9.94 Å². The Hall–Kier alpha value is -3.54. The number of aromatic nitrogens is 1. The number of sulfone groups is 1. The summed E-state index contributed by atoms with van der Waals surface area (Å²) in [7, 11) is -0.253. The monoisotopic (exact) mass is 543 g/mol. The fourth-order valence-electron chi connectivity index (χ4n) is 4.01. The second-order valence-electron chi connectivity index (χ2n) is 9.72. The Bertz CT molecular complexity index is 1480. The van der Waals surface area contributed by atoms with Gasteiger partial charge in [0.2, 0.25) is 0 Å². The lowest BCUT2D eigenvalue weighted by atomic mass is 10.0. The predicted molar refractivity (Wildman–Crippen MR) is 145 cm³/mol. The quantitative estimate of drug-likeness (QED) is 0.213. The van der Waals surface area contributed by atoms with Gasteiger partial charge in [-0.2, -0.15) is 0 Å². The van der Waals surface area contributed by atoms with Gasteiger partial charge in [-0.15, -0.1) is 0 Å². The molecule has 0 radical (unpaired) electrons. The average molecular weight is 544 g/mol. The van der Waals surface area contributed by atoms with E-state index in [9.17, 15) is 22.8 Å². The van der Waals surface area contributed by atoms with Gasteiger partial charge in [-0.3, -0.25) is 24.5 Å². The van der Waals surface area contributed by atoms with E-state index in [1.807, 2.05) is 36.4 Å². The number of amides is 1. The van der Waals surface area contributed by atoms with E-state index in [-0.39, 0.29) is 31.0 Å². The van der Waals surface area contributed by atoms with Gasteiger partial charge in [-0.1, -0.05) is 30.3 Å². The summed E-state index contributed by atoms with van der Waals surface area (Å²) >= 11 is 0. The van der Waals surface area contributed by atoms with Crippen LogP contribution in [-0.2, 0) is 37.1 Å². The highest BCUT2D eigenvalue weighted by molar-refractivity contribution is 7.92. The fraction of sp³-hybridized carbons (Fsp3) is 0.370. The van der Waals surface area contributed by atoms with Gasteiger partial charge in [0.15, 0.2) is 14.6 Å². The molecule has 3 rings (SSSR count). The lowest BCUT2D eigenvalue weighted by molar-refractivity contribution is -0.144. The molecule has 0 aliphatic carbocycles. The number of rotatable bonds is 11. The molecule has 0 unspecified atom stereocenters. The summed E-state index contributed by atoms with van der Waals surface area (Å²) < 4.78 is 29.1. The molecule has 1 heterocycles. The zero-order valence-electron chi connectivity index (χ0n) is 21.9. The van der Waals surface area contributed by atoms with Crippen molar-refractivity contribution in [2.45, 2.75) is 31.1 Å². The Kier molecular flexibility index (Phi) is 9.08. The van der Waals surface area contributed by atoms with E-state index >= 15 is 0 Å². The van der Waals surface area contributed by atoms with Crippen molar-refractivity contribution in [3.05, 3.63) is 70.6 Å². The highest BCUT2D eigenvalue weighted by atomic mass is 32.2. The molecular formula is C27H33N3O7S. The molecule has 204 valence electrons. The first-order valence-electron chi connectivity index (χ1n) is 12.0. The summed E-state index contributed by atoms with van der Waals surface area (Å²) in [6, 6.07) is 15.1. The lowest BCUT2D eigenvalue weighted by Gasteiger charge is -2.25. The van der Waals surface area contributed by atoms with Crippen LogP contribution in [0.15, 0.2) is 59.5 Å². The molecular weight excluding hydrogens is 510 g/mol. The number of likely N-dealkylation sites (N-methyl/N-ethyl adjacent to an activating group) is 1. The molecule has 1 aromatic heterocycles. The third kappa shape index (κ3) is 6.66. The second-order valence-corrected chi connectivity index (χ2v) is 12.2. The number of carbonyl (C=O) groups is 2. The van der Waals surface area contributed by atoms with Crippen LogP contribution in [0.4, 0.5) is 0 Å². The van der Waals surface area contributed by atoms with Crippen LogP contribution in [0.2, 0.25) is 0 Å². The van der Waals surface area contributed by atoms with E-state index in [1.54, 1.807) is 37.3 Å². The van der Waals surface area contributed by atoms with Crippen molar-refractivity contribution < 1.29 is 28.0 Å². The number of pyridine rings is 1. The van der Waals surface area contributed by atoms with E-state index < -0.39 is 20.5 Å². The second kappa shape index (κ2) is 11.9. The van der Waals surface area contributed by atoms with E-state index in [0.29, 0.717) is 18.4 Å². The summed E-state index contributed by atoms with van der Waals surface area (Å²) in [5.41, 5.74) is 4.01.